The summed E-state index contributed by atoms with van der Waals surface area (Å²) in [5, 5.41) is 10.9. The zero-order valence-corrected chi connectivity index (χ0v) is 12.6. The molecule has 1 heterocycles. The quantitative estimate of drug-likeness (QED) is 0.696. The number of nitrogens with one attached hydrogen (secondary N) is 2. The second kappa shape index (κ2) is 7.78. The second-order valence-corrected chi connectivity index (χ2v) is 6.05. The summed E-state index contributed by atoms with van der Waals surface area (Å²) < 4.78 is 9.01. The monoisotopic (exact) mass is 272 g/mol. The molecule has 1 aromatic heterocycles. The Hall–Kier alpha value is -0.560. The summed E-state index contributed by atoms with van der Waals surface area (Å²) in [5.41, 5.74) is 1.17. The summed E-state index contributed by atoms with van der Waals surface area (Å²) >= 11 is 1.48. The van der Waals surface area contributed by atoms with Gasteiger partial charge >= 0.3 is 0 Å². The minimum Gasteiger partial charge on any atom is -0.383 e. The van der Waals surface area contributed by atoms with Crippen molar-refractivity contribution in [1.82, 2.24) is 20.2 Å². The average molecular weight is 272 g/mol. The lowest BCUT2D eigenvalue weighted by Crippen LogP contribution is -2.29. The third kappa shape index (κ3) is 5.39. The maximum atomic E-state index is 4.96. The Morgan fingerprint density at radius 3 is 2.56 bits per heavy atom. The van der Waals surface area contributed by atoms with Gasteiger partial charge in [0.05, 0.1) is 17.2 Å². The fourth-order valence-electron chi connectivity index (χ4n) is 1.57. The van der Waals surface area contributed by atoms with E-state index in [0.29, 0.717) is 0 Å². The molecule has 18 heavy (non-hydrogen) atoms. The molecule has 2 N–H and O–H groups in total. The normalized spacial score (nSPS) is 12.0. The Bertz CT molecular complexity index is 335. The Balaban J connectivity index is 2.22. The molecule has 1 rings (SSSR count). The van der Waals surface area contributed by atoms with Gasteiger partial charge in [-0.25, -0.2) is 0 Å². The predicted molar refractivity (Wildman–Crippen MR) is 75.1 cm³/mol. The highest BCUT2D eigenvalue weighted by Gasteiger charge is 2.21. The van der Waals surface area contributed by atoms with Gasteiger partial charge in [-0.05, 0) is 11.5 Å². The van der Waals surface area contributed by atoms with Gasteiger partial charge in [-0.15, -0.1) is 5.10 Å². The largest absolute Gasteiger partial charge is 0.383 e. The Morgan fingerprint density at radius 1 is 1.17 bits per heavy atom. The molecule has 0 bridgehead atoms. The van der Waals surface area contributed by atoms with E-state index in [1.54, 1.807) is 7.11 Å². The van der Waals surface area contributed by atoms with Gasteiger partial charge in [-0.1, -0.05) is 25.3 Å². The first-order valence-electron chi connectivity index (χ1n) is 6.27. The van der Waals surface area contributed by atoms with Crippen LogP contribution in [0.4, 0.5) is 0 Å². The van der Waals surface area contributed by atoms with Gasteiger partial charge < -0.3 is 15.4 Å². The molecule has 0 saturated carbocycles. The number of methoxy groups -OCH3 is 1. The van der Waals surface area contributed by atoms with E-state index in [9.17, 15) is 0 Å². The molecule has 0 amide bonds. The average Bonchev–Trinajstić information content (AvgIpc) is 2.76. The highest BCUT2D eigenvalue weighted by atomic mass is 32.1. The van der Waals surface area contributed by atoms with Crippen LogP contribution in [0.2, 0.25) is 0 Å². The third-order valence-electron chi connectivity index (χ3n) is 2.51. The van der Waals surface area contributed by atoms with Crippen LogP contribution in [0.1, 0.15) is 31.3 Å². The molecule has 1 aromatic rings. The van der Waals surface area contributed by atoms with E-state index < -0.39 is 0 Å². The number of ether oxygens (including phenoxy) is 1. The fraction of sp³-hybridized carbons (Fsp3) is 0.833. The fourth-order valence-corrected chi connectivity index (χ4v) is 2.39. The first-order valence-corrected chi connectivity index (χ1v) is 7.05. The van der Waals surface area contributed by atoms with Crippen LogP contribution in [0.25, 0.3) is 0 Å². The lowest BCUT2D eigenvalue weighted by atomic mass is 9.91. The van der Waals surface area contributed by atoms with Crippen LogP contribution in [-0.4, -0.2) is 42.9 Å². The van der Waals surface area contributed by atoms with Crippen molar-refractivity contribution in [3.8, 4) is 0 Å². The molecule has 5 nitrogen and oxygen atoms in total. The highest BCUT2D eigenvalue weighted by molar-refractivity contribution is 7.05. The third-order valence-corrected chi connectivity index (χ3v) is 3.23. The van der Waals surface area contributed by atoms with Crippen molar-refractivity contribution < 1.29 is 4.74 Å². The smallest absolute Gasteiger partial charge is 0.0854 e. The standard InChI is InChI=1S/C12H24N4OS/c1-12(2,3)11-10(18-16-15-11)9-14-6-5-13-7-8-17-4/h13-14H,5-9H2,1-4H3. The van der Waals surface area contributed by atoms with E-state index in [0.717, 1.165) is 38.5 Å². The van der Waals surface area contributed by atoms with E-state index in [2.05, 4.69) is 41.0 Å². The van der Waals surface area contributed by atoms with Crippen LogP contribution in [0.15, 0.2) is 0 Å². The Labute approximate surface area is 113 Å². The highest BCUT2D eigenvalue weighted by Crippen LogP contribution is 2.25. The summed E-state index contributed by atoms with van der Waals surface area (Å²) in [5.74, 6) is 0. The summed E-state index contributed by atoms with van der Waals surface area (Å²) in [6, 6.07) is 0. The van der Waals surface area contributed by atoms with Crippen molar-refractivity contribution >= 4 is 11.5 Å². The van der Waals surface area contributed by atoms with Crippen molar-refractivity contribution in [3.63, 3.8) is 0 Å². The van der Waals surface area contributed by atoms with Crippen molar-refractivity contribution in [2.45, 2.75) is 32.7 Å². The predicted octanol–water partition coefficient (Wildman–Crippen LogP) is 1.16. The Morgan fingerprint density at radius 2 is 1.89 bits per heavy atom. The van der Waals surface area contributed by atoms with Gasteiger partial charge in [-0.3, -0.25) is 0 Å². The van der Waals surface area contributed by atoms with Gasteiger partial charge in [0.1, 0.15) is 0 Å². The van der Waals surface area contributed by atoms with Crippen LogP contribution in [-0.2, 0) is 16.7 Å². The lowest BCUT2D eigenvalue weighted by molar-refractivity contribution is 0.199. The first-order chi connectivity index (χ1) is 8.55. The molecular weight excluding hydrogens is 248 g/mol. The second-order valence-electron chi connectivity index (χ2n) is 5.21. The summed E-state index contributed by atoms with van der Waals surface area (Å²) in [6.07, 6.45) is 0. The molecule has 0 saturated heterocycles. The van der Waals surface area contributed by atoms with Crippen molar-refractivity contribution in [2.24, 2.45) is 0 Å². The van der Waals surface area contributed by atoms with Crippen LogP contribution >= 0.6 is 11.5 Å². The topological polar surface area (TPSA) is 59.1 Å². The van der Waals surface area contributed by atoms with Gasteiger partial charge in [0, 0.05) is 38.7 Å². The molecule has 0 atom stereocenters. The van der Waals surface area contributed by atoms with Gasteiger partial charge in [-0.2, -0.15) is 0 Å². The summed E-state index contributed by atoms with van der Waals surface area (Å²) in [4.78, 5) is 1.24. The van der Waals surface area contributed by atoms with E-state index in [-0.39, 0.29) is 5.41 Å². The maximum Gasteiger partial charge on any atom is 0.0854 e. The molecule has 0 unspecified atom stereocenters. The molecule has 0 fully saturated rings. The Kier molecular flexibility index (Phi) is 6.70. The van der Waals surface area contributed by atoms with Crippen molar-refractivity contribution in [1.29, 1.82) is 0 Å². The van der Waals surface area contributed by atoms with Gasteiger partial charge in [0.2, 0.25) is 0 Å². The molecule has 0 aliphatic heterocycles. The molecular formula is C12H24N4OS. The van der Waals surface area contributed by atoms with Gasteiger partial charge in [0.15, 0.2) is 0 Å². The van der Waals surface area contributed by atoms with E-state index in [4.69, 9.17) is 4.74 Å². The van der Waals surface area contributed by atoms with E-state index in [1.165, 1.54) is 16.4 Å². The molecule has 0 radical (unpaired) electrons. The van der Waals surface area contributed by atoms with Crippen LogP contribution in [0.3, 0.4) is 0 Å². The first kappa shape index (κ1) is 15.5. The summed E-state index contributed by atoms with van der Waals surface area (Å²) in [7, 11) is 1.71. The van der Waals surface area contributed by atoms with Crippen LogP contribution < -0.4 is 10.6 Å². The van der Waals surface area contributed by atoms with Crippen LogP contribution in [0, 0.1) is 0 Å². The molecule has 0 aliphatic carbocycles. The molecule has 104 valence electrons. The lowest BCUT2D eigenvalue weighted by Gasteiger charge is -2.16. The zero-order chi connectivity index (χ0) is 13.4. The molecule has 6 heteroatoms. The number of hydrogen-bond acceptors (Lipinski definition) is 6. The zero-order valence-electron chi connectivity index (χ0n) is 11.7. The molecule has 0 aromatic carbocycles. The van der Waals surface area contributed by atoms with Crippen molar-refractivity contribution in [2.75, 3.05) is 33.4 Å². The minimum atomic E-state index is 0.0702. The number of nitrogens with zero attached hydrogens (tertiary/aromatic N) is 2. The number of rotatable bonds is 8. The SMILES string of the molecule is COCCNCCNCc1snnc1C(C)(C)C. The minimum absolute atomic E-state index is 0.0702. The van der Waals surface area contributed by atoms with Crippen LogP contribution in [0.5, 0.6) is 0 Å². The number of aromatic nitrogens is 2. The van der Waals surface area contributed by atoms with E-state index >= 15 is 0 Å². The van der Waals surface area contributed by atoms with E-state index in [1.807, 2.05) is 0 Å². The molecule has 0 spiro atoms. The van der Waals surface area contributed by atoms with Gasteiger partial charge in [0.25, 0.3) is 0 Å². The molecule has 0 aliphatic rings. The maximum absolute atomic E-state index is 4.96. The van der Waals surface area contributed by atoms with Crippen molar-refractivity contribution in [3.05, 3.63) is 10.6 Å². The number of hydrogen-bond donors (Lipinski definition) is 2. The summed E-state index contributed by atoms with van der Waals surface area (Å²) in [6.45, 7) is 10.9.